The van der Waals surface area contributed by atoms with Crippen LogP contribution >= 0.6 is 47.4 Å². The first-order valence-electron chi connectivity index (χ1n) is 12.6. The van der Waals surface area contributed by atoms with E-state index in [0.29, 0.717) is 15.7 Å². The molecule has 0 saturated heterocycles. The number of thioether (sulfide) groups is 1. The molecule has 2 aliphatic rings. The van der Waals surface area contributed by atoms with Crippen molar-refractivity contribution in [2.45, 2.75) is 90.4 Å². The minimum absolute atomic E-state index is 0. The Morgan fingerprint density at radius 1 is 0.971 bits per heavy atom. The maximum Gasteiger partial charge on any atom is 0.264 e. The van der Waals surface area contributed by atoms with E-state index in [-0.39, 0.29) is 18.3 Å². The van der Waals surface area contributed by atoms with Gasteiger partial charge in [0.2, 0.25) is 0 Å². The third-order valence-electron chi connectivity index (χ3n) is 6.14. The summed E-state index contributed by atoms with van der Waals surface area (Å²) in [5.74, 6) is -0.103. The first-order chi connectivity index (χ1) is 16.1. The molecular formula is C26H38Cl3N3OS. The molecule has 8 heteroatoms. The molecule has 0 aliphatic carbocycles. The van der Waals surface area contributed by atoms with Crippen molar-refractivity contribution in [1.29, 1.82) is 0 Å². The van der Waals surface area contributed by atoms with Crippen LogP contribution in [0.1, 0.15) is 90.4 Å². The molecule has 0 atom stereocenters. The second kappa shape index (κ2) is 16.0. The number of anilines is 1. The van der Waals surface area contributed by atoms with Crippen molar-refractivity contribution >= 4 is 64.1 Å². The van der Waals surface area contributed by atoms with Gasteiger partial charge >= 0.3 is 0 Å². The second-order valence-corrected chi connectivity index (χ2v) is 10.8. The Bertz CT molecular complexity index is 839. The number of hydrogen-bond donors (Lipinski definition) is 1. The summed E-state index contributed by atoms with van der Waals surface area (Å²) in [7, 11) is 0. The van der Waals surface area contributed by atoms with Gasteiger partial charge in [-0.05, 0) is 49.2 Å². The molecule has 3 rings (SSSR count). The summed E-state index contributed by atoms with van der Waals surface area (Å²) >= 11 is 13.7. The number of rotatable bonds is 14. The topological polar surface area (TPSA) is 44.7 Å². The molecule has 190 valence electrons. The molecule has 1 N–H and O–H groups in total. The molecule has 2 heterocycles. The summed E-state index contributed by atoms with van der Waals surface area (Å²) in [6.45, 7) is 4.05. The third-order valence-corrected chi connectivity index (χ3v) is 7.74. The number of allylic oxidation sites excluding steroid dienone is 1. The van der Waals surface area contributed by atoms with Crippen molar-refractivity contribution in [2.24, 2.45) is 4.99 Å². The lowest BCUT2D eigenvalue weighted by molar-refractivity contribution is -0.112. The number of amidine groups is 1. The molecule has 0 spiro atoms. The van der Waals surface area contributed by atoms with E-state index < -0.39 is 0 Å². The van der Waals surface area contributed by atoms with Gasteiger partial charge in [0.1, 0.15) is 0 Å². The van der Waals surface area contributed by atoms with Gasteiger partial charge in [0.05, 0.1) is 4.91 Å². The van der Waals surface area contributed by atoms with Crippen LogP contribution in [0.25, 0.3) is 0 Å². The number of fused-ring (bicyclic) bond motifs is 1. The Morgan fingerprint density at radius 2 is 1.56 bits per heavy atom. The van der Waals surface area contributed by atoms with Gasteiger partial charge in [0, 0.05) is 34.5 Å². The van der Waals surface area contributed by atoms with Gasteiger partial charge in [-0.15, -0.1) is 12.4 Å². The monoisotopic (exact) mass is 545 g/mol. The fourth-order valence-corrected chi connectivity index (χ4v) is 6.04. The maximum atomic E-state index is 13.1. The van der Waals surface area contributed by atoms with Crippen molar-refractivity contribution < 1.29 is 4.79 Å². The van der Waals surface area contributed by atoms with Gasteiger partial charge in [0.25, 0.3) is 5.91 Å². The average Bonchev–Trinajstić information content (AvgIpc) is 3.15. The highest BCUT2D eigenvalue weighted by Crippen LogP contribution is 2.39. The molecule has 1 amide bonds. The third kappa shape index (κ3) is 9.29. The second-order valence-electron chi connectivity index (χ2n) is 8.95. The Morgan fingerprint density at radius 3 is 2.18 bits per heavy atom. The predicted molar refractivity (Wildman–Crippen MR) is 152 cm³/mol. The van der Waals surface area contributed by atoms with Crippen LogP contribution in [0.3, 0.4) is 0 Å². The van der Waals surface area contributed by atoms with Gasteiger partial charge < -0.3 is 10.2 Å². The lowest BCUT2D eigenvalue weighted by Gasteiger charge is -2.25. The fourth-order valence-electron chi connectivity index (χ4n) is 4.39. The van der Waals surface area contributed by atoms with Crippen molar-refractivity contribution in [3.05, 3.63) is 38.8 Å². The number of nitrogens with zero attached hydrogens (tertiary/aromatic N) is 2. The zero-order valence-corrected chi connectivity index (χ0v) is 23.4. The number of carbonyl (C=O) groups is 1. The van der Waals surface area contributed by atoms with Gasteiger partial charge in [0.15, 0.2) is 5.17 Å². The van der Waals surface area contributed by atoms with Crippen LogP contribution in [-0.2, 0) is 4.79 Å². The maximum absolute atomic E-state index is 13.1. The Kier molecular flexibility index (Phi) is 13.8. The molecule has 1 aromatic carbocycles. The van der Waals surface area contributed by atoms with Crippen molar-refractivity contribution in [2.75, 3.05) is 18.4 Å². The van der Waals surface area contributed by atoms with E-state index in [1.807, 2.05) is 0 Å². The van der Waals surface area contributed by atoms with E-state index >= 15 is 0 Å². The minimum atomic E-state index is -0.103. The van der Waals surface area contributed by atoms with E-state index in [1.54, 1.807) is 18.2 Å². The van der Waals surface area contributed by atoms with E-state index in [9.17, 15) is 4.79 Å². The van der Waals surface area contributed by atoms with Crippen LogP contribution in [0, 0.1) is 0 Å². The molecular weight excluding hydrogens is 509 g/mol. The summed E-state index contributed by atoms with van der Waals surface area (Å²) in [5, 5.41) is 4.96. The summed E-state index contributed by atoms with van der Waals surface area (Å²) in [4.78, 5) is 20.8. The first kappa shape index (κ1) is 29.4. The Hall–Kier alpha value is -0.880. The van der Waals surface area contributed by atoms with Crippen molar-refractivity contribution in [1.82, 2.24) is 4.90 Å². The molecule has 0 radical (unpaired) electrons. The van der Waals surface area contributed by atoms with Crippen molar-refractivity contribution in [3.63, 3.8) is 0 Å². The standard InChI is InChI=1S/C26H37Cl2N3OS.ClH/c1-2-3-4-5-6-7-8-9-10-11-12-14-23-24(33-26-29-15-13-16-31(23)26)25(32)30-22-18-20(27)17-21(28)19-22;/h17-19H,2-16H2,1H3,(H,30,32);1H. The van der Waals surface area contributed by atoms with Crippen molar-refractivity contribution in [3.8, 4) is 0 Å². The van der Waals surface area contributed by atoms with Gasteiger partial charge in [-0.1, -0.05) is 94.3 Å². The number of carbonyl (C=O) groups excluding carboxylic acids is 1. The van der Waals surface area contributed by atoms with E-state index in [4.69, 9.17) is 23.2 Å². The average molecular weight is 547 g/mol. The van der Waals surface area contributed by atoms with Gasteiger partial charge in [-0.2, -0.15) is 0 Å². The zero-order valence-electron chi connectivity index (χ0n) is 20.2. The fraction of sp³-hybridized carbons (Fsp3) is 0.615. The number of aliphatic imine (C=N–C) groups is 1. The quantitative estimate of drug-likeness (QED) is 0.237. The Labute approximate surface area is 225 Å². The van der Waals surface area contributed by atoms with E-state index in [0.717, 1.165) is 48.1 Å². The van der Waals surface area contributed by atoms with Crippen LogP contribution < -0.4 is 5.32 Å². The molecule has 0 fully saturated rings. The highest BCUT2D eigenvalue weighted by Gasteiger charge is 2.34. The number of benzene rings is 1. The van der Waals surface area contributed by atoms with Crippen LogP contribution in [0.5, 0.6) is 0 Å². The lowest BCUT2D eigenvalue weighted by Crippen LogP contribution is -2.29. The molecule has 0 unspecified atom stereocenters. The number of hydrogen-bond acceptors (Lipinski definition) is 4. The summed E-state index contributed by atoms with van der Waals surface area (Å²) in [6.07, 6.45) is 16.5. The summed E-state index contributed by atoms with van der Waals surface area (Å²) in [6, 6.07) is 5.11. The molecule has 0 saturated carbocycles. The Balaban J connectivity index is 0.00000408. The van der Waals surface area contributed by atoms with Crippen LogP contribution in [-0.4, -0.2) is 29.1 Å². The number of halogens is 3. The molecule has 34 heavy (non-hydrogen) atoms. The van der Waals surface area contributed by atoms with Crippen LogP contribution in [0.4, 0.5) is 5.69 Å². The highest BCUT2D eigenvalue weighted by atomic mass is 35.5. The first-order valence-corrected chi connectivity index (χ1v) is 14.2. The van der Waals surface area contributed by atoms with Gasteiger partial charge in [-0.3, -0.25) is 9.79 Å². The van der Waals surface area contributed by atoms with E-state index in [2.05, 4.69) is 22.1 Å². The lowest BCUT2D eigenvalue weighted by atomic mass is 10.0. The molecule has 1 aromatic rings. The van der Waals surface area contributed by atoms with Gasteiger partial charge in [-0.25, -0.2) is 0 Å². The van der Waals surface area contributed by atoms with Crippen LogP contribution in [0.2, 0.25) is 10.0 Å². The molecule has 2 aliphatic heterocycles. The van der Waals surface area contributed by atoms with E-state index in [1.165, 1.54) is 76.0 Å². The highest BCUT2D eigenvalue weighted by molar-refractivity contribution is 8.18. The minimum Gasteiger partial charge on any atom is -0.323 e. The molecule has 0 bridgehead atoms. The summed E-state index contributed by atoms with van der Waals surface area (Å²) < 4.78 is 0. The normalized spacial score (nSPS) is 15.1. The van der Waals surface area contributed by atoms with Crippen LogP contribution in [0.15, 0.2) is 33.8 Å². The smallest absolute Gasteiger partial charge is 0.264 e. The summed E-state index contributed by atoms with van der Waals surface area (Å²) in [5.41, 5.74) is 1.74. The number of nitrogens with one attached hydrogen (secondary N) is 1. The SMILES string of the molecule is CCCCCCCCCCCCCC1=C(C(=O)Nc2cc(Cl)cc(Cl)c2)SC2=NCCCN21.Cl. The zero-order chi connectivity index (χ0) is 23.5. The molecule has 0 aromatic heterocycles. The largest absolute Gasteiger partial charge is 0.323 e. The predicted octanol–water partition coefficient (Wildman–Crippen LogP) is 9.07. The molecule has 4 nitrogen and oxygen atoms in total. The number of unbranched alkanes of at least 4 members (excludes halogenated alkanes) is 10. The number of amides is 1.